The van der Waals surface area contributed by atoms with Gasteiger partial charge in [-0.25, -0.2) is 8.42 Å². The van der Waals surface area contributed by atoms with Gasteiger partial charge in [-0.3, -0.25) is 0 Å². The van der Waals surface area contributed by atoms with Crippen LogP contribution in [0, 0.1) is 5.92 Å². The lowest BCUT2D eigenvalue weighted by Gasteiger charge is -2.25. The van der Waals surface area contributed by atoms with Crippen LogP contribution in [0.15, 0.2) is 17.5 Å². The lowest BCUT2D eigenvalue weighted by molar-refractivity contribution is 0.145. The molecule has 2 aliphatic rings. The van der Waals surface area contributed by atoms with Crippen molar-refractivity contribution in [3.63, 3.8) is 0 Å². The van der Waals surface area contributed by atoms with Crippen molar-refractivity contribution in [1.82, 2.24) is 4.31 Å². The molecule has 2 unspecified atom stereocenters. The zero-order chi connectivity index (χ0) is 14.9. The molecule has 1 saturated heterocycles. The van der Waals surface area contributed by atoms with Gasteiger partial charge in [0, 0.05) is 17.5 Å². The van der Waals surface area contributed by atoms with Crippen molar-refractivity contribution in [2.24, 2.45) is 5.92 Å². The molecule has 1 N–H and O–H groups in total. The molecule has 0 aromatic carbocycles. The van der Waals surface area contributed by atoms with Gasteiger partial charge in [0.15, 0.2) is 0 Å². The fraction of sp³-hybridized carbons (Fsp3) is 0.733. The third-order valence-electron chi connectivity index (χ3n) is 4.53. The van der Waals surface area contributed by atoms with E-state index in [1.165, 1.54) is 24.2 Å². The summed E-state index contributed by atoms with van der Waals surface area (Å²) >= 11 is 1.53. The van der Waals surface area contributed by atoms with Crippen molar-refractivity contribution < 1.29 is 13.5 Å². The number of hydrogen-bond donors (Lipinski definition) is 1. The molecule has 21 heavy (non-hydrogen) atoms. The van der Waals surface area contributed by atoms with Crippen LogP contribution in [0.5, 0.6) is 0 Å². The third-order valence-corrected chi connectivity index (χ3v) is 7.45. The van der Waals surface area contributed by atoms with Gasteiger partial charge in [0.25, 0.3) is 0 Å². The molecule has 1 saturated carbocycles. The normalized spacial score (nSPS) is 25.3. The minimum atomic E-state index is -3.15. The van der Waals surface area contributed by atoms with Crippen molar-refractivity contribution >= 4 is 21.4 Å². The van der Waals surface area contributed by atoms with Gasteiger partial charge < -0.3 is 5.11 Å². The molecule has 4 nitrogen and oxygen atoms in total. The molecule has 1 aromatic heterocycles. The molecule has 3 rings (SSSR count). The molecule has 1 aliphatic heterocycles. The topological polar surface area (TPSA) is 57.6 Å². The average molecular weight is 329 g/mol. The van der Waals surface area contributed by atoms with Gasteiger partial charge in [0.1, 0.15) is 0 Å². The van der Waals surface area contributed by atoms with Crippen LogP contribution in [0.3, 0.4) is 0 Å². The highest BCUT2D eigenvalue weighted by Gasteiger charge is 2.36. The van der Waals surface area contributed by atoms with Crippen LogP contribution in [0.2, 0.25) is 0 Å². The van der Waals surface area contributed by atoms with E-state index in [4.69, 9.17) is 0 Å². The predicted molar refractivity (Wildman–Crippen MR) is 84.8 cm³/mol. The van der Waals surface area contributed by atoms with E-state index >= 15 is 0 Å². The Morgan fingerprint density at radius 2 is 2.19 bits per heavy atom. The molecule has 118 valence electrons. The number of aliphatic hydroxyl groups is 1. The molecule has 2 fully saturated rings. The molecule has 1 aromatic rings. The molecule has 0 amide bonds. The van der Waals surface area contributed by atoms with E-state index in [-0.39, 0.29) is 11.8 Å². The van der Waals surface area contributed by atoms with Crippen LogP contribution in [-0.2, 0) is 10.0 Å². The number of thiophene rings is 1. The molecule has 0 bridgehead atoms. The maximum Gasteiger partial charge on any atom is 0.214 e. The van der Waals surface area contributed by atoms with E-state index in [1.54, 1.807) is 4.31 Å². The average Bonchev–Trinajstić information content (AvgIpc) is 2.92. The van der Waals surface area contributed by atoms with Crippen LogP contribution < -0.4 is 0 Å². The summed E-state index contributed by atoms with van der Waals surface area (Å²) in [4.78, 5) is 0.928. The van der Waals surface area contributed by atoms with Gasteiger partial charge in [-0.05, 0) is 43.0 Å². The Labute approximate surface area is 130 Å². The van der Waals surface area contributed by atoms with E-state index in [0.29, 0.717) is 18.9 Å². The second-order valence-corrected chi connectivity index (χ2v) is 9.24. The van der Waals surface area contributed by atoms with Crippen LogP contribution in [-0.4, -0.2) is 36.2 Å². The van der Waals surface area contributed by atoms with Gasteiger partial charge in [-0.2, -0.15) is 4.31 Å². The fourth-order valence-corrected chi connectivity index (χ4v) is 5.75. The summed E-state index contributed by atoms with van der Waals surface area (Å²) in [5.41, 5.74) is 0. The Bertz CT molecular complexity index is 551. The molecule has 6 heteroatoms. The molecule has 0 radical (unpaired) electrons. The van der Waals surface area contributed by atoms with Crippen molar-refractivity contribution in [1.29, 1.82) is 0 Å². The van der Waals surface area contributed by atoms with Crippen LogP contribution in [0.1, 0.15) is 49.5 Å². The molecule has 0 spiro atoms. The van der Waals surface area contributed by atoms with Gasteiger partial charge in [-0.1, -0.05) is 18.9 Å². The first-order chi connectivity index (χ1) is 10.1. The van der Waals surface area contributed by atoms with E-state index in [1.807, 2.05) is 17.5 Å². The number of rotatable bonds is 7. The summed E-state index contributed by atoms with van der Waals surface area (Å²) in [6.07, 6.45) is 4.93. The van der Waals surface area contributed by atoms with Gasteiger partial charge in [0.2, 0.25) is 10.0 Å². The van der Waals surface area contributed by atoms with E-state index in [9.17, 15) is 13.5 Å². The third kappa shape index (κ3) is 3.86. The Hall–Kier alpha value is -0.430. The summed E-state index contributed by atoms with van der Waals surface area (Å²) in [6, 6.07) is 3.80. The SMILES string of the molecule is O=S(=O)(CCC1CC1)N1CCCC1CC(O)c1cccs1. The Balaban J connectivity index is 1.61. The van der Waals surface area contributed by atoms with Crippen LogP contribution in [0.4, 0.5) is 0 Å². The number of nitrogens with zero attached hydrogens (tertiary/aromatic N) is 1. The molecular formula is C15H23NO3S2. The maximum atomic E-state index is 12.5. The standard InChI is InChI=1S/C15H23NO3S2/c17-14(15-4-2-9-20-15)11-13-3-1-8-16(13)21(18,19)10-7-12-5-6-12/h2,4,9,12-14,17H,1,3,5-8,10-11H2. The highest BCUT2D eigenvalue weighted by Crippen LogP contribution is 2.35. The number of hydrogen-bond acceptors (Lipinski definition) is 4. The summed E-state index contributed by atoms with van der Waals surface area (Å²) in [5, 5.41) is 12.2. The van der Waals surface area contributed by atoms with E-state index in [0.717, 1.165) is 24.1 Å². The van der Waals surface area contributed by atoms with E-state index in [2.05, 4.69) is 0 Å². The minimum absolute atomic E-state index is 0.0358. The second-order valence-electron chi connectivity index (χ2n) is 6.22. The first kappa shape index (κ1) is 15.5. The maximum absolute atomic E-state index is 12.5. The Kier molecular flexibility index (Phi) is 4.69. The van der Waals surface area contributed by atoms with Crippen LogP contribution >= 0.6 is 11.3 Å². The summed E-state index contributed by atoms with van der Waals surface area (Å²) in [5.74, 6) is 0.918. The summed E-state index contributed by atoms with van der Waals surface area (Å²) < 4.78 is 26.6. The first-order valence-electron chi connectivity index (χ1n) is 7.77. The first-order valence-corrected chi connectivity index (χ1v) is 10.3. The lowest BCUT2D eigenvalue weighted by Crippen LogP contribution is -2.38. The van der Waals surface area contributed by atoms with Crippen molar-refractivity contribution in [3.05, 3.63) is 22.4 Å². The second kappa shape index (κ2) is 6.36. The fourth-order valence-electron chi connectivity index (χ4n) is 3.11. The Morgan fingerprint density at radius 3 is 2.86 bits per heavy atom. The zero-order valence-corrected chi connectivity index (χ0v) is 13.8. The highest BCUT2D eigenvalue weighted by molar-refractivity contribution is 7.89. The number of sulfonamides is 1. The van der Waals surface area contributed by atoms with E-state index < -0.39 is 16.1 Å². The molecule has 2 atom stereocenters. The quantitative estimate of drug-likeness (QED) is 0.837. The summed E-state index contributed by atoms with van der Waals surface area (Å²) in [6.45, 7) is 0.620. The van der Waals surface area contributed by atoms with Gasteiger partial charge >= 0.3 is 0 Å². The van der Waals surface area contributed by atoms with Crippen molar-refractivity contribution in [2.45, 2.75) is 50.7 Å². The van der Waals surface area contributed by atoms with Crippen molar-refractivity contribution in [2.75, 3.05) is 12.3 Å². The molecule has 1 aliphatic carbocycles. The largest absolute Gasteiger partial charge is 0.388 e. The Morgan fingerprint density at radius 1 is 1.38 bits per heavy atom. The van der Waals surface area contributed by atoms with Gasteiger partial charge in [-0.15, -0.1) is 11.3 Å². The smallest absolute Gasteiger partial charge is 0.214 e. The van der Waals surface area contributed by atoms with Crippen LogP contribution in [0.25, 0.3) is 0 Å². The minimum Gasteiger partial charge on any atom is -0.388 e. The molecule has 2 heterocycles. The number of aliphatic hydroxyl groups excluding tert-OH is 1. The zero-order valence-electron chi connectivity index (χ0n) is 12.1. The highest BCUT2D eigenvalue weighted by atomic mass is 32.2. The predicted octanol–water partition coefficient (Wildman–Crippen LogP) is 2.77. The lowest BCUT2D eigenvalue weighted by atomic mass is 10.1. The summed E-state index contributed by atoms with van der Waals surface area (Å²) in [7, 11) is -3.15. The molecular weight excluding hydrogens is 306 g/mol. The van der Waals surface area contributed by atoms with Crippen molar-refractivity contribution in [3.8, 4) is 0 Å². The van der Waals surface area contributed by atoms with Gasteiger partial charge in [0.05, 0.1) is 11.9 Å². The monoisotopic (exact) mass is 329 g/mol.